The van der Waals surface area contributed by atoms with Crippen LogP contribution in [0.1, 0.15) is 0 Å². The van der Waals surface area contributed by atoms with Crippen LogP contribution < -0.4 is 10.2 Å². The Kier molecular flexibility index (Phi) is 3.31. The summed E-state index contributed by atoms with van der Waals surface area (Å²) in [4.78, 5) is 10.7. The van der Waals surface area contributed by atoms with Gasteiger partial charge in [-0.1, -0.05) is 0 Å². The average molecular weight is 262 g/mol. The third-order valence-electron chi connectivity index (χ3n) is 3.35. The summed E-state index contributed by atoms with van der Waals surface area (Å²) >= 11 is 0. The summed E-state index contributed by atoms with van der Waals surface area (Å²) in [6, 6.07) is 0. The number of aryl methyl sites for hydroxylation is 1. The molecule has 19 heavy (non-hydrogen) atoms. The van der Waals surface area contributed by atoms with Crippen LogP contribution in [0.2, 0.25) is 0 Å². The van der Waals surface area contributed by atoms with Gasteiger partial charge in [0, 0.05) is 33.7 Å². The summed E-state index contributed by atoms with van der Waals surface area (Å²) in [5, 5.41) is 8.53. The van der Waals surface area contributed by atoms with Crippen LogP contribution in [0.3, 0.4) is 0 Å². The SMILES string of the molecule is CN(CC1CNCCO1)c1ncnc2c1cnn2C. The molecule has 3 heterocycles. The summed E-state index contributed by atoms with van der Waals surface area (Å²) in [5.41, 5.74) is 0.847. The average Bonchev–Trinajstić information content (AvgIpc) is 2.82. The Bertz CT molecular complexity index is 562. The molecule has 0 spiro atoms. The lowest BCUT2D eigenvalue weighted by atomic mass is 10.2. The zero-order valence-electron chi connectivity index (χ0n) is 11.2. The van der Waals surface area contributed by atoms with E-state index in [9.17, 15) is 0 Å². The van der Waals surface area contributed by atoms with E-state index in [4.69, 9.17) is 4.74 Å². The van der Waals surface area contributed by atoms with Crippen molar-refractivity contribution in [3.05, 3.63) is 12.5 Å². The van der Waals surface area contributed by atoms with Crippen LogP contribution in [0.15, 0.2) is 12.5 Å². The van der Waals surface area contributed by atoms with E-state index in [0.29, 0.717) is 0 Å². The molecule has 3 rings (SSSR count). The summed E-state index contributed by atoms with van der Waals surface area (Å²) in [6.07, 6.45) is 3.58. The zero-order chi connectivity index (χ0) is 13.2. The maximum Gasteiger partial charge on any atom is 0.163 e. The van der Waals surface area contributed by atoms with Crippen molar-refractivity contribution < 1.29 is 4.74 Å². The van der Waals surface area contributed by atoms with E-state index in [1.54, 1.807) is 17.2 Å². The number of hydrogen-bond acceptors (Lipinski definition) is 6. The molecular weight excluding hydrogens is 244 g/mol. The minimum Gasteiger partial charge on any atom is -0.374 e. The summed E-state index contributed by atoms with van der Waals surface area (Å²) in [5.74, 6) is 0.896. The Morgan fingerprint density at radius 3 is 3.21 bits per heavy atom. The lowest BCUT2D eigenvalue weighted by Gasteiger charge is -2.28. The number of anilines is 1. The van der Waals surface area contributed by atoms with E-state index in [-0.39, 0.29) is 6.10 Å². The van der Waals surface area contributed by atoms with Crippen LogP contribution in [0.4, 0.5) is 5.82 Å². The molecule has 1 fully saturated rings. The minimum absolute atomic E-state index is 0.195. The molecule has 7 heteroatoms. The van der Waals surface area contributed by atoms with E-state index >= 15 is 0 Å². The third-order valence-corrected chi connectivity index (χ3v) is 3.35. The van der Waals surface area contributed by atoms with Gasteiger partial charge in [-0.25, -0.2) is 9.97 Å². The van der Waals surface area contributed by atoms with Crippen molar-refractivity contribution in [3.8, 4) is 0 Å². The Labute approximate surface area is 111 Å². The Balaban J connectivity index is 1.82. The number of rotatable bonds is 3. The maximum atomic E-state index is 5.72. The quantitative estimate of drug-likeness (QED) is 0.825. The molecule has 7 nitrogen and oxygen atoms in total. The zero-order valence-corrected chi connectivity index (χ0v) is 11.2. The highest BCUT2D eigenvalue weighted by Gasteiger charge is 2.18. The van der Waals surface area contributed by atoms with Crippen LogP contribution in [0.25, 0.3) is 11.0 Å². The Hall–Kier alpha value is -1.73. The lowest BCUT2D eigenvalue weighted by Crippen LogP contribution is -2.44. The number of hydrogen-bond donors (Lipinski definition) is 1. The number of aromatic nitrogens is 4. The number of nitrogens with zero attached hydrogens (tertiary/aromatic N) is 5. The second-order valence-corrected chi connectivity index (χ2v) is 4.78. The summed E-state index contributed by atoms with van der Waals surface area (Å²) in [7, 11) is 3.90. The van der Waals surface area contributed by atoms with Crippen molar-refractivity contribution in [1.82, 2.24) is 25.1 Å². The molecule has 2 aromatic heterocycles. The van der Waals surface area contributed by atoms with Gasteiger partial charge >= 0.3 is 0 Å². The Morgan fingerprint density at radius 1 is 1.53 bits per heavy atom. The fourth-order valence-corrected chi connectivity index (χ4v) is 2.38. The molecule has 0 bridgehead atoms. The van der Waals surface area contributed by atoms with Crippen LogP contribution in [-0.2, 0) is 11.8 Å². The molecule has 1 N–H and O–H groups in total. The van der Waals surface area contributed by atoms with E-state index in [1.807, 2.05) is 14.1 Å². The number of ether oxygens (including phenoxy) is 1. The second kappa shape index (κ2) is 5.10. The summed E-state index contributed by atoms with van der Waals surface area (Å²) < 4.78 is 7.48. The second-order valence-electron chi connectivity index (χ2n) is 4.78. The first-order valence-corrected chi connectivity index (χ1v) is 6.42. The summed E-state index contributed by atoms with van der Waals surface area (Å²) in [6.45, 7) is 3.38. The molecule has 0 radical (unpaired) electrons. The molecule has 1 aliphatic rings. The van der Waals surface area contributed by atoms with Crippen LogP contribution in [0.5, 0.6) is 0 Å². The van der Waals surface area contributed by atoms with Crippen LogP contribution in [-0.4, -0.2) is 59.1 Å². The number of fused-ring (bicyclic) bond motifs is 1. The van der Waals surface area contributed by atoms with Gasteiger partial charge in [0.2, 0.25) is 0 Å². The molecule has 0 aromatic carbocycles. The standard InChI is InChI=1S/C12H18N6O/c1-17(7-9-5-13-3-4-19-9)11-10-6-16-18(2)12(10)15-8-14-11/h6,8-9,13H,3-5,7H2,1-2H3. The molecule has 0 amide bonds. The highest BCUT2D eigenvalue weighted by molar-refractivity contribution is 5.86. The van der Waals surface area contributed by atoms with Gasteiger partial charge in [-0.15, -0.1) is 0 Å². The molecule has 1 saturated heterocycles. The van der Waals surface area contributed by atoms with Crippen molar-refractivity contribution in [2.45, 2.75) is 6.10 Å². The highest BCUT2D eigenvalue weighted by Crippen LogP contribution is 2.21. The first kappa shape index (κ1) is 12.3. The van der Waals surface area contributed by atoms with Crippen molar-refractivity contribution in [3.63, 3.8) is 0 Å². The van der Waals surface area contributed by atoms with Crippen LogP contribution >= 0.6 is 0 Å². The number of nitrogens with one attached hydrogen (secondary N) is 1. The van der Waals surface area contributed by atoms with Gasteiger partial charge in [-0.3, -0.25) is 4.68 Å². The molecule has 0 aliphatic carbocycles. The van der Waals surface area contributed by atoms with Crippen molar-refractivity contribution >= 4 is 16.9 Å². The van der Waals surface area contributed by atoms with Crippen molar-refractivity contribution in [2.24, 2.45) is 7.05 Å². The van der Waals surface area contributed by atoms with Gasteiger partial charge in [0.05, 0.1) is 24.3 Å². The van der Waals surface area contributed by atoms with Gasteiger partial charge < -0.3 is 15.0 Å². The van der Waals surface area contributed by atoms with E-state index in [0.717, 1.165) is 43.1 Å². The number of morpholine rings is 1. The fourth-order valence-electron chi connectivity index (χ4n) is 2.38. The first-order valence-electron chi connectivity index (χ1n) is 6.42. The molecule has 0 saturated carbocycles. The minimum atomic E-state index is 0.195. The van der Waals surface area contributed by atoms with Gasteiger partial charge in [0.25, 0.3) is 0 Å². The van der Waals surface area contributed by atoms with Gasteiger partial charge in [0.1, 0.15) is 12.1 Å². The third kappa shape index (κ3) is 2.39. The number of likely N-dealkylation sites (N-methyl/N-ethyl adjacent to an activating group) is 1. The van der Waals surface area contributed by atoms with Crippen molar-refractivity contribution in [1.29, 1.82) is 0 Å². The maximum absolute atomic E-state index is 5.72. The topological polar surface area (TPSA) is 68.1 Å². The largest absolute Gasteiger partial charge is 0.374 e. The van der Waals surface area contributed by atoms with E-state index in [1.165, 1.54) is 0 Å². The highest BCUT2D eigenvalue weighted by atomic mass is 16.5. The Morgan fingerprint density at radius 2 is 2.42 bits per heavy atom. The monoisotopic (exact) mass is 262 g/mol. The smallest absolute Gasteiger partial charge is 0.163 e. The normalized spacial score (nSPS) is 19.8. The molecule has 1 atom stereocenters. The molecule has 102 valence electrons. The molecule has 1 unspecified atom stereocenters. The predicted octanol–water partition coefficient (Wildman–Crippen LogP) is -0.212. The fraction of sp³-hybridized carbons (Fsp3) is 0.583. The van der Waals surface area contributed by atoms with E-state index < -0.39 is 0 Å². The predicted molar refractivity (Wildman–Crippen MR) is 72.2 cm³/mol. The molecule has 1 aliphatic heterocycles. The van der Waals surface area contributed by atoms with Crippen LogP contribution in [0, 0.1) is 0 Å². The lowest BCUT2D eigenvalue weighted by molar-refractivity contribution is 0.0339. The molecule has 2 aromatic rings. The van der Waals surface area contributed by atoms with Gasteiger partial charge in [-0.2, -0.15) is 5.10 Å². The van der Waals surface area contributed by atoms with Gasteiger partial charge in [-0.05, 0) is 0 Å². The van der Waals surface area contributed by atoms with E-state index in [2.05, 4.69) is 25.3 Å². The van der Waals surface area contributed by atoms with Crippen molar-refractivity contribution in [2.75, 3.05) is 38.2 Å². The van der Waals surface area contributed by atoms with Gasteiger partial charge in [0.15, 0.2) is 5.65 Å². The molecular formula is C12H18N6O. The first-order chi connectivity index (χ1) is 9.25.